The molecule has 0 aliphatic heterocycles. The molecule has 4 nitrogen and oxygen atoms in total. The zero-order chi connectivity index (χ0) is 16.7. The number of H-pyrrole nitrogens is 1. The van der Waals surface area contributed by atoms with Crippen molar-refractivity contribution in [1.82, 2.24) is 9.55 Å². The van der Waals surface area contributed by atoms with E-state index in [2.05, 4.69) is 4.98 Å². The van der Waals surface area contributed by atoms with Gasteiger partial charge in [-0.2, -0.15) is 0 Å². The number of aromatic amines is 1. The monoisotopic (exact) mass is 354 g/mol. The minimum atomic E-state index is -0.414. The maximum absolute atomic E-state index is 12.3. The van der Waals surface area contributed by atoms with Gasteiger partial charge in [0.25, 0.3) is 0 Å². The average Bonchev–Trinajstić information content (AvgIpc) is 2.96. The van der Waals surface area contributed by atoms with Gasteiger partial charge in [0, 0.05) is 22.3 Å². The minimum Gasteiger partial charge on any atom is -0.422 e. The van der Waals surface area contributed by atoms with E-state index in [0.29, 0.717) is 26.6 Å². The third-order valence-corrected chi connectivity index (χ3v) is 4.27. The van der Waals surface area contributed by atoms with Crippen LogP contribution in [-0.4, -0.2) is 9.55 Å². The molecule has 6 heteroatoms. The molecule has 4 aromatic rings. The van der Waals surface area contributed by atoms with Crippen LogP contribution in [-0.2, 0) is 0 Å². The summed E-state index contributed by atoms with van der Waals surface area (Å²) in [5, 5.41) is 1.46. The average molecular weight is 355 g/mol. The van der Waals surface area contributed by atoms with Crippen LogP contribution in [0.25, 0.3) is 27.9 Å². The number of hydrogen-bond acceptors (Lipinski definition) is 3. The van der Waals surface area contributed by atoms with Crippen molar-refractivity contribution in [2.24, 2.45) is 0 Å². The maximum Gasteiger partial charge on any atom is 0.345 e. The van der Waals surface area contributed by atoms with Crippen molar-refractivity contribution in [3.63, 3.8) is 0 Å². The lowest BCUT2D eigenvalue weighted by molar-refractivity contribution is 0.563. The molecule has 2 aromatic heterocycles. The Morgan fingerprint density at radius 2 is 1.92 bits per heavy atom. The smallest absolute Gasteiger partial charge is 0.345 e. The van der Waals surface area contributed by atoms with Gasteiger partial charge < -0.3 is 9.40 Å². The highest BCUT2D eigenvalue weighted by Gasteiger charge is 2.11. The molecule has 0 radical (unpaired) electrons. The Hall–Kier alpha value is -2.63. The van der Waals surface area contributed by atoms with E-state index >= 15 is 0 Å². The molecule has 0 saturated carbocycles. The van der Waals surface area contributed by atoms with Crippen molar-refractivity contribution in [2.45, 2.75) is 0 Å². The van der Waals surface area contributed by atoms with E-state index in [4.69, 9.17) is 28.2 Å². The van der Waals surface area contributed by atoms with E-state index < -0.39 is 5.63 Å². The molecule has 4 rings (SSSR count). The van der Waals surface area contributed by atoms with Crippen LogP contribution in [0.1, 0.15) is 0 Å². The van der Waals surface area contributed by atoms with E-state index in [-0.39, 0.29) is 0 Å². The highest BCUT2D eigenvalue weighted by atomic mass is 35.5. The van der Waals surface area contributed by atoms with E-state index in [1.807, 2.05) is 30.3 Å². The summed E-state index contributed by atoms with van der Waals surface area (Å²) in [6.07, 6.45) is 1.77. The SMILES string of the molecule is O=c1oc2ccccc2cc1-c1cn(-c2cccc(Cl)c2)c(=S)[nH]1. The molecule has 118 valence electrons. The molecular weight excluding hydrogens is 344 g/mol. The Balaban J connectivity index is 1.90. The van der Waals surface area contributed by atoms with Crippen molar-refractivity contribution in [1.29, 1.82) is 0 Å². The van der Waals surface area contributed by atoms with Crippen molar-refractivity contribution in [2.75, 3.05) is 0 Å². The van der Waals surface area contributed by atoms with Gasteiger partial charge in [0.15, 0.2) is 4.77 Å². The molecule has 0 saturated heterocycles. The molecule has 0 atom stereocenters. The Morgan fingerprint density at radius 3 is 2.75 bits per heavy atom. The number of nitrogens with zero attached hydrogens (tertiary/aromatic N) is 1. The number of halogens is 1. The van der Waals surface area contributed by atoms with E-state index in [1.54, 1.807) is 35.0 Å². The summed E-state index contributed by atoms with van der Waals surface area (Å²) in [4.78, 5) is 15.4. The molecule has 0 bridgehead atoms. The van der Waals surface area contributed by atoms with Gasteiger partial charge in [0.2, 0.25) is 0 Å². The normalized spacial score (nSPS) is 11.0. The Labute approximate surface area is 146 Å². The highest BCUT2D eigenvalue weighted by molar-refractivity contribution is 7.71. The number of rotatable bonds is 2. The van der Waals surface area contributed by atoms with Gasteiger partial charge in [-0.15, -0.1) is 0 Å². The Morgan fingerprint density at radius 1 is 1.08 bits per heavy atom. The Kier molecular flexibility index (Phi) is 3.59. The summed E-state index contributed by atoms with van der Waals surface area (Å²) in [5.74, 6) is 0. The van der Waals surface area contributed by atoms with Gasteiger partial charge in [0.05, 0.1) is 11.3 Å². The third-order valence-electron chi connectivity index (χ3n) is 3.74. The van der Waals surface area contributed by atoms with Crippen molar-refractivity contribution < 1.29 is 4.42 Å². The molecule has 0 unspecified atom stereocenters. The zero-order valence-electron chi connectivity index (χ0n) is 12.3. The largest absolute Gasteiger partial charge is 0.422 e. The molecule has 0 aliphatic rings. The maximum atomic E-state index is 12.3. The van der Waals surface area contributed by atoms with Gasteiger partial charge in [0.1, 0.15) is 5.58 Å². The molecule has 24 heavy (non-hydrogen) atoms. The van der Waals surface area contributed by atoms with Crippen LogP contribution in [0.2, 0.25) is 5.02 Å². The first kappa shape index (κ1) is 14.9. The fourth-order valence-electron chi connectivity index (χ4n) is 2.60. The van der Waals surface area contributed by atoms with Crippen molar-refractivity contribution >= 4 is 34.8 Å². The standard InChI is InChI=1S/C18H11ClN2O2S/c19-12-5-3-6-13(9-12)21-10-15(20-18(21)24)14-8-11-4-1-2-7-16(11)23-17(14)22/h1-10H,(H,20,24). The number of fused-ring (bicyclic) bond motifs is 1. The highest BCUT2D eigenvalue weighted by Crippen LogP contribution is 2.22. The van der Waals surface area contributed by atoms with Gasteiger partial charge >= 0.3 is 5.63 Å². The fourth-order valence-corrected chi connectivity index (χ4v) is 3.05. The quantitative estimate of drug-likeness (QED) is 0.409. The van der Waals surface area contributed by atoms with Crippen LogP contribution in [0.4, 0.5) is 0 Å². The van der Waals surface area contributed by atoms with E-state index in [9.17, 15) is 4.79 Å². The number of aromatic nitrogens is 2. The van der Waals surface area contributed by atoms with E-state index in [1.165, 1.54) is 0 Å². The molecular formula is C18H11ClN2O2S. The third kappa shape index (κ3) is 2.58. The lowest BCUT2D eigenvalue weighted by Gasteiger charge is -2.02. The van der Waals surface area contributed by atoms with Gasteiger partial charge in [-0.1, -0.05) is 35.9 Å². The first-order valence-electron chi connectivity index (χ1n) is 7.23. The molecule has 0 fully saturated rings. The van der Waals surface area contributed by atoms with Crippen LogP contribution >= 0.6 is 23.8 Å². The molecule has 0 aliphatic carbocycles. The predicted octanol–water partition coefficient (Wildman–Crippen LogP) is 4.96. The van der Waals surface area contributed by atoms with E-state index in [0.717, 1.165) is 11.1 Å². The van der Waals surface area contributed by atoms with Crippen LogP contribution in [0, 0.1) is 4.77 Å². The lowest BCUT2D eigenvalue weighted by Crippen LogP contribution is -2.02. The summed E-state index contributed by atoms with van der Waals surface area (Å²) in [6, 6.07) is 16.5. The summed E-state index contributed by atoms with van der Waals surface area (Å²) < 4.78 is 7.62. The molecule has 0 amide bonds. The number of hydrogen-bond donors (Lipinski definition) is 1. The van der Waals surface area contributed by atoms with Crippen molar-refractivity contribution in [3.8, 4) is 16.9 Å². The Bertz CT molecular complexity index is 1170. The van der Waals surface area contributed by atoms with Crippen molar-refractivity contribution in [3.05, 3.63) is 81.0 Å². The number of nitrogens with one attached hydrogen (secondary N) is 1. The first-order valence-corrected chi connectivity index (χ1v) is 8.01. The second-order valence-electron chi connectivity index (χ2n) is 5.31. The van der Waals surface area contributed by atoms with Gasteiger partial charge in [-0.3, -0.25) is 4.57 Å². The molecule has 1 N–H and O–H groups in total. The predicted molar refractivity (Wildman–Crippen MR) is 97.4 cm³/mol. The van der Waals surface area contributed by atoms with Crippen LogP contribution in [0.5, 0.6) is 0 Å². The second kappa shape index (κ2) is 5.78. The molecule has 2 heterocycles. The topological polar surface area (TPSA) is 50.9 Å². The lowest BCUT2D eigenvalue weighted by atomic mass is 10.1. The van der Waals surface area contributed by atoms with Crippen LogP contribution in [0.15, 0.2) is 70.0 Å². The summed E-state index contributed by atoms with van der Waals surface area (Å²) in [5.41, 5.74) is 1.99. The molecule has 2 aromatic carbocycles. The second-order valence-corrected chi connectivity index (χ2v) is 6.13. The van der Waals surface area contributed by atoms with Gasteiger partial charge in [-0.05, 0) is 42.5 Å². The summed E-state index contributed by atoms with van der Waals surface area (Å²) in [6.45, 7) is 0. The van der Waals surface area contributed by atoms with Gasteiger partial charge in [-0.25, -0.2) is 4.79 Å². The summed E-state index contributed by atoms with van der Waals surface area (Å²) >= 11 is 11.4. The minimum absolute atomic E-state index is 0.414. The zero-order valence-corrected chi connectivity index (χ0v) is 13.9. The number of para-hydroxylation sites is 1. The van der Waals surface area contributed by atoms with Crippen LogP contribution < -0.4 is 5.63 Å². The first-order chi connectivity index (χ1) is 11.6. The number of benzene rings is 2. The van der Waals surface area contributed by atoms with Crippen LogP contribution in [0.3, 0.4) is 0 Å². The fraction of sp³-hybridized carbons (Fsp3) is 0. The number of imidazole rings is 1. The molecule has 0 spiro atoms. The summed E-state index contributed by atoms with van der Waals surface area (Å²) in [7, 11) is 0.